The summed E-state index contributed by atoms with van der Waals surface area (Å²) in [6, 6.07) is 8.38. The van der Waals surface area contributed by atoms with Gasteiger partial charge in [-0.25, -0.2) is 25.6 Å². The number of methoxy groups -OCH3 is 1. The maximum atomic E-state index is 15.7. The number of nitrogens with zero attached hydrogens (tertiary/aromatic N) is 1. The Balaban J connectivity index is 1.65. The summed E-state index contributed by atoms with van der Waals surface area (Å²) < 4.78 is 97.2. The lowest BCUT2D eigenvalue weighted by Crippen LogP contribution is -2.63. The molecule has 2 heterocycles. The molecular formula is C30H33F2NO6S2. The van der Waals surface area contributed by atoms with Crippen molar-refractivity contribution in [1.29, 1.82) is 0 Å². The average molecular weight is 606 g/mol. The van der Waals surface area contributed by atoms with E-state index in [4.69, 9.17) is 9.47 Å². The van der Waals surface area contributed by atoms with E-state index in [-0.39, 0.29) is 48.6 Å². The van der Waals surface area contributed by atoms with Gasteiger partial charge in [0.05, 0.1) is 29.9 Å². The zero-order chi connectivity index (χ0) is 29.6. The van der Waals surface area contributed by atoms with Crippen molar-refractivity contribution in [3.8, 4) is 11.5 Å². The lowest BCUT2D eigenvalue weighted by atomic mass is 9.64. The van der Waals surface area contributed by atoms with Crippen molar-refractivity contribution < 1.29 is 35.1 Å². The minimum Gasteiger partial charge on any atom is -0.497 e. The Morgan fingerprint density at radius 3 is 2.54 bits per heavy atom. The third-order valence-electron chi connectivity index (χ3n) is 8.69. The average Bonchev–Trinajstić information content (AvgIpc) is 2.96. The maximum absolute atomic E-state index is 15.7. The first kappa shape index (κ1) is 29.5. The van der Waals surface area contributed by atoms with Crippen molar-refractivity contribution in [3.63, 3.8) is 0 Å². The first-order chi connectivity index (χ1) is 19.5. The highest BCUT2D eigenvalue weighted by Gasteiger charge is 2.64. The standard InChI is InChI=1S/C30H33F2NO6S2/c1-4-6-7-22(5-2)41(36,37)30-16-14-27-23(24(30)19-39-29-26(32)13-12-25(31)28(29)30)15-17-40(34,35)33(27)18-20-8-10-21(38-3)11-9-20/h4-13,23-24,27H,2,14-19H2,1,3H3/b6-4-,22-7+/t23-,24-,27+,30-/m0/s1. The molecule has 0 N–H and O–H groups in total. The summed E-state index contributed by atoms with van der Waals surface area (Å²) in [5, 5.41) is 0. The molecule has 0 spiro atoms. The van der Waals surface area contributed by atoms with Gasteiger partial charge in [0.1, 0.15) is 16.3 Å². The molecule has 2 aromatic carbocycles. The molecule has 1 saturated carbocycles. The number of sulfone groups is 1. The second kappa shape index (κ2) is 11.0. The second-order valence-corrected chi connectivity index (χ2v) is 14.9. The smallest absolute Gasteiger partial charge is 0.214 e. The van der Waals surface area contributed by atoms with E-state index >= 15 is 8.78 Å². The monoisotopic (exact) mass is 605 g/mol. The third-order valence-corrected chi connectivity index (χ3v) is 13.1. The van der Waals surface area contributed by atoms with Gasteiger partial charge in [-0.15, -0.1) is 0 Å². The Bertz CT molecular complexity index is 1620. The number of rotatable bonds is 7. The molecule has 5 rings (SSSR count). The number of hydrogen-bond donors (Lipinski definition) is 0. The molecule has 4 atom stereocenters. The van der Waals surface area contributed by atoms with E-state index < -0.39 is 59.9 Å². The molecule has 0 bridgehead atoms. The van der Waals surface area contributed by atoms with Gasteiger partial charge in [0.2, 0.25) is 10.0 Å². The van der Waals surface area contributed by atoms with Gasteiger partial charge in [-0.1, -0.05) is 36.9 Å². The van der Waals surface area contributed by atoms with Gasteiger partial charge in [0.25, 0.3) is 0 Å². The number of ether oxygens (including phenoxy) is 2. The summed E-state index contributed by atoms with van der Waals surface area (Å²) >= 11 is 0. The van der Waals surface area contributed by atoms with E-state index in [9.17, 15) is 16.8 Å². The van der Waals surface area contributed by atoms with Gasteiger partial charge in [-0.2, -0.15) is 4.31 Å². The fourth-order valence-electron chi connectivity index (χ4n) is 6.81. The fourth-order valence-corrected chi connectivity index (χ4v) is 11.0. The molecular weight excluding hydrogens is 572 g/mol. The molecule has 1 saturated heterocycles. The van der Waals surface area contributed by atoms with Crippen LogP contribution in [0.2, 0.25) is 0 Å². The molecule has 1 aliphatic carbocycles. The summed E-state index contributed by atoms with van der Waals surface area (Å²) in [5.74, 6) is -3.00. The Kier molecular flexibility index (Phi) is 7.90. The zero-order valence-electron chi connectivity index (χ0n) is 22.9. The zero-order valence-corrected chi connectivity index (χ0v) is 24.6. The van der Waals surface area contributed by atoms with Crippen LogP contribution in [0, 0.1) is 23.5 Å². The molecule has 3 aliphatic rings. The topological polar surface area (TPSA) is 90.0 Å². The van der Waals surface area contributed by atoms with E-state index in [1.807, 2.05) is 0 Å². The Morgan fingerprint density at radius 1 is 1.17 bits per heavy atom. The van der Waals surface area contributed by atoms with Crippen LogP contribution in [-0.4, -0.2) is 46.7 Å². The molecule has 2 aromatic rings. The van der Waals surface area contributed by atoms with Gasteiger partial charge in [-0.3, -0.25) is 0 Å². The van der Waals surface area contributed by atoms with Crippen molar-refractivity contribution in [3.05, 3.63) is 94.9 Å². The lowest BCUT2D eigenvalue weighted by Gasteiger charge is -2.56. The SMILES string of the molecule is C=C/C(=C\C=C/C)S(=O)(=O)[C@@]12CC[C@@H]3[C@@H](CCS(=O)(=O)N3Cc3ccc(OC)cc3)[C@@H]1COc1c(F)ccc(F)c12. The highest BCUT2D eigenvalue weighted by Crippen LogP contribution is 2.60. The van der Waals surface area contributed by atoms with Crippen LogP contribution in [0.25, 0.3) is 0 Å². The predicted molar refractivity (Wildman–Crippen MR) is 152 cm³/mol. The van der Waals surface area contributed by atoms with E-state index in [0.29, 0.717) is 5.75 Å². The summed E-state index contributed by atoms with van der Waals surface area (Å²) in [6.45, 7) is 5.33. The molecule has 220 valence electrons. The lowest BCUT2D eigenvalue weighted by molar-refractivity contribution is 0.0205. The van der Waals surface area contributed by atoms with Gasteiger partial charge in [0.15, 0.2) is 21.4 Å². The maximum Gasteiger partial charge on any atom is 0.214 e. The predicted octanol–water partition coefficient (Wildman–Crippen LogP) is 5.25. The van der Waals surface area contributed by atoms with Crippen LogP contribution in [0.1, 0.15) is 37.3 Å². The van der Waals surface area contributed by atoms with Gasteiger partial charge < -0.3 is 9.47 Å². The van der Waals surface area contributed by atoms with Crippen molar-refractivity contribution in [2.45, 2.75) is 43.5 Å². The van der Waals surface area contributed by atoms with Crippen LogP contribution < -0.4 is 9.47 Å². The Labute approximate surface area is 240 Å². The van der Waals surface area contributed by atoms with Crippen LogP contribution in [0.15, 0.2) is 72.2 Å². The molecule has 11 heteroatoms. The number of fused-ring (bicyclic) bond motifs is 5. The fraction of sp³-hybridized carbons (Fsp3) is 0.400. The number of halogens is 2. The normalized spacial score (nSPS) is 27.8. The minimum absolute atomic E-state index is 0.0967. The molecule has 2 fully saturated rings. The van der Waals surface area contributed by atoms with Crippen LogP contribution >= 0.6 is 0 Å². The van der Waals surface area contributed by atoms with E-state index in [2.05, 4.69) is 6.58 Å². The van der Waals surface area contributed by atoms with Gasteiger partial charge >= 0.3 is 0 Å². The first-order valence-electron chi connectivity index (χ1n) is 13.5. The van der Waals surface area contributed by atoms with E-state index in [1.54, 1.807) is 50.5 Å². The Hall–Kier alpha value is -3.02. The van der Waals surface area contributed by atoms with Crippen LogP contribution in [0.5, 0.6) is 11.5 Å². The highest BCUT2D eigenvalue weighted by molar-refractivity contribution is 7.96. The van der Waals surface area contributed by atoms with E-state index in [1.165, 1.54) is 16.5 Å². The number of benzene rings is 2. The van der Waals surface area contributed by atoms with Crippen molar-refractivity contribution >= 4 is 19.9 Å². The number of allylic oxidation sites excluding steroid dienone is 4. The molecule has 41 heavy (non-hydrogen) atoms. The number of sulfonamides is 1. The quantitative estimate of drug-likeness (QED) is 0.401. The third kappa shape index (κ3) is 4.71. The summed E-state index contributed by atoms with van der Waals surface area (Å²) in [4.78, 5) is -0.117. The van der Waals surface area contributed by atoms with E-state index in [0.717, 1.165) is 17.7 Å². The molecule has 0 aromatic heterocycles. The van der Waals surface area contributed by atoms with Crippen molar-refractivity contribution in [2.75, 3.05) is 19.5 Å². The first-order valence-corrected chi connectivity index (χ1v) is 16.5. The van der Waals surface area contributed by atoms with Crippen LogP contribution in [-0.2, 0) is 31.2 Å². The van der Waals surface area contributed by atoms with Gasteiger partial charge in [0, 0.05) is 18.5 Å². The summed E-state index contributed by atoms with van der Waals surface area (Å²) in [6.07, 6.45) is 6.01. The highest BCUT2D eigenvalue weighted by atomic mass is 32.2. The minimum atomic E-state index is -4.36. The van der Waals surface area contributed by atoms with Crippen molar-refractivity contribution in [2.24, 2.45) is 11.8 Å². The number of hydrogen-bond acceptors (Lipinski definition) is 6. The van der Waals surface area contributed by atoms with Crippen LogP contribution in [0.3, 0.4) is 0 Å². The van der Waals surface area contributed by atoms with Gasteiger partial charge in [-0.05, 0) is 68.0 Å². The molecule has 0 unspecified atom stereocenters. The molecule has 7 nitrogen and oxygen atoms in total. The molecule has 0 radical (unpaired) electrons. The largest absolute Gasteiger partial charge is 0.497 e. The van der Waals surface area contributed by atoms with Crippen molar-refractivity contribution in [1.82, 2.24) is 4.31 Å². The summed E-state index contributed by atoms with van der Waals surface area (Å²) in [7, 11) is -6.49. The Morgan fingerprint density at radius 2 is 1.88 bits per heavy atom. The van der Waals surface area contributed by atoms with Crippen LogP contribution in [0.4, 0.5) is 8.78 Å². The molecule has 2 aliphatic heterocycles. The molecule has 0 amide bonds. The summed E-state index contributed by atoms with van der Waals surface area (Å²) in [5.41, 5.74) is 0.427. The second-order valence-electron chi connectivity index (χ2n) is 10.6.